The molecule has 3 heteroatoms. The number of benzene rings is 1. The van der Waals surface area contributed by atoms with Crippen LogP contribution in [0, 0.1) is 0 Å². The number of rotatable bonds is 6. The van der Waals surface area contributed by atoms with Crippen LogP contribution in [0.5, 0.6) is 0 Å². The van der Waals surface area contributed by atoms with Crippen LogP contribution in [-0.2, 0) is 10.2 Å². The van der Waals surface area contributed by atoms with Gasteiger partial charge in [0.05, 0.1) is 0 Å². The zero-order valence-electron chi connectivity index (χ0n) is 15.2. The topological polar surface area (TPSA) is 40.5 Å². The lowest BCUT2D eigenvalue weighted by Crippen LogP contribution is -2.65. The summed E-state index contributed by atoms with van der Waals surface area (Å²) in [6, 6.07) is 10.5. The third-order valence-electron chi connectivity index (χ3n) is 5.76. The summed E-state index contributed by atoms with van der Waals surface area (Å²) in [5.74, 6) is -0.672. The van der Waals surface area contributed by atoms with Crippen molar-refractivity contribution in [1.29, 1.82) is 0 Å². The summed E-state index contributed by atoms with van der Waals surface area (Å²) in [5, 5.41) is 10.4. The molecule has 1 aromatic rings. The maximum Gasteiger partial charge on any atom is 0.316 e. The molecule has 0 aliphatic heterocycles. The minimum atomic E-state index is -0.822. The fourth-order valence-electron chi connectivity index (χ4n) is 5.25. The SMILES string of the molecule is CCC1(N(C(C)C)C(C)C)CCCC1(C(=O)O)c1ccccc1. The molecule has 1 fully saturated rings. The van der Waals surface area contributed by atoms with Crippen molar-refractivity contribution in [3.8, 4) is 0 Å². The number of hydrogen-bond acceptors (Lipinski definition) is 2. The van der Waals surface area contributed by atoms with E-state index in [1.54, 1.807) is 0 Å². The molecule has 3 nitrogen and oxygen atoms in total. The largest absolute Gasteiger partial charge is 0.481 e. The van der Waals surface area contributed by atoms with Gasteiger partial charge in [-0.25, -0.2) is 0 Å². The van der Waals surface area contributed by atoms with E-state index in [9.17, 15) is 9.90 Å². The number of carboxylic acid groups (broad SMARTS) is 1. The Morgan fingerprint density at radius 3 is 2.13 bits per heavy atom. The molecule has 2 rings (SSSR count). The predicted octanol–water partition coefficient (Wildman–Crippen LogP) is 4.46. The first-order valence-electron chi connectivity index (χ1n) is 8.91. The molecule has 0 aromatic heterocycles. The lowest BCUT2D eigenvalue weighted by Gasteiger charge is -2.54. The van der Waals surface area contributed by atoms with Crippen molar-refractivity contribution in [1.82, 2.24) is 4.90 Å². The van der Waals surface area contributed by atoms with Crippen LogP contribution in [0.4, 0.5) is 0 Å². The third-order valence-corrected chi connectivity index (χ3v) is 5.76. The number of nitrogens with zero attached hydrogens (tertiary/aromatic N) is 1. The van der Waals surface area contributed by atoms with Gasteiger partial charge in [-0.15, -0.1) is 0 Å². The zero-order chi connectivity index (χ0) is 17.3. The van der Waals surface area contributed by atoms with Crippen molar-refractivity contribution in [2.75, 3.05) is 0 Å². The van der Waals surface area contributed by atoms with Crippen LogP contribution in [0.1, 0.15) is 65.9 Å². The minimum Gasteiger partial charge on any atom is -0.481 e. The molecule has 2 unspecified atom stereocenters. The number of carboxylic acids is 1. The van der Waals surface area contributed by atoms with Crippen molar-refractivity contribution in [2.24, 2.45) is 0 Å². The average molecular weight is 317 g/mol. The van der Waals surface area contributed by atoms with Gasteiger partial charge in [-0.05, 0) is 52.5 Å². The molecule has 0 amide bonds. The van der Waals surface area contributed by atoms with Gasteiger partial charge in [-0.2, -0.15) is 0 Å². The highest BCUT2D eigenvalue weighted by molar-refractivity contribution is 5.84. The molecular formula is C20H31NO2. The van der Waals surface area contributed by atoms with Crippen molar-refractivity contribution in [3.63, 3.8) is 0 Å². The summed E-state index contributed by atoms with van der Waals surface area (Å²) in [5.41, 5.74) is -0.196. The van der Waals surface area contributed by atoms with E-state index in [1.165, 1.54) is 0 Å². The minimum absolute atomic E-state index is 0.315. The molecule has 23 heavy (non-hydrogen) atoms. The van der Waals surface area contributed by atoms with Gasteiger partial charge in [0.25, 0.3) is 0 Å². The van der Waals surface area contributed by atoms with Crippen molar-refractivity contribution >= 4 is 5.97 Å². The molecule has 0 saturated heterocycles. The lowest BCUT2D eigenvalue weighted by atomic mass is 9.64. The van der Waals surface area contributed by atoms with E-state index in [-0.39, 0.29) is 5.54 Å². The van der Waals surface area contributed by atoms with Crippen molar-refractivity contribution in [2.45, 2.75) is 83.3 Å². The van der Waals surface area contributed by atoms with E-state index >= 15 is 0 Å². The summed E-state index contributed by atoms with van der Waals surface area (Å²) in [4.78, 5) is 15.1. The second-order valence-corrected chi connectivity index (χ2v) is 7.41. The third kappa shape index (κ3) is 2.59. The van der Waals surface area contributed by atoms with Gasteiger partial charge in [0.15, 0.2) is 0 Å². The molecule has 2 atom stereocenters. The Labute approximate surface area is 140 Å². The molecule has 1 aliphatic rings. The monoisotopic (exact) mass is 317 g/mol. The molecule has 128 valence electrons. The summed E-state index contributed by atoms with van der Waals surface area (Å²) < 4.78 is 0. The van der Waals surface area contributed by atoms with Crippen LogP contribution in [0.25, 0.3) is 0 Å². The number of hydrogen-bond donors (Lipinski definition) is 1. The molecular weight excluding hydrogens is 286 g/mol. The molecule has 0 spiro atoms. The van der Waals surface area contributed by atoms with Gasteiger partial charge in [-0.1, -0.05) is 43.7 Å². The number of aliphatic carboxylic acids is 1. The van der Waals surface area contributed by atoms with Crippen LogP contribution in [0.15, 0.2) is 30.3 Å². The van der Waals surface area contributed by atoms with Gasteiger partial charge in [0.2, 0.25) is 0 Å². The van der Waals surface area contributed by atoms with Crippen LogP contribution in [0.3, 0.4) is 0 Å². The Balaban J connectivity index is 2.72. The highest BCUT2D eigenvalue weighted by atomic mass is 16.4. The first kappa shape index (κ1) is 18.0. The number of carbonyl (C=O) groups is 1. The summed E-state index contributed by atoms with van der Waals surface area (Å²) in [7, 11) is 0. The van der Waals surface area contributed by atoms with E-state index in [0.29, 0.717) is 12.1 Å². The Hall–Kier alpha value is -1.35. The maximum absolute atomic E-state index is 12.6. The van der Waals surface area contributed by atoms with Gasteiger partial charge >= 0.3 is 5.97 Å². The summed E-state index contributed by atoms with van der Waals surface area (Å²) >= 11 is 0. The molecule has 0 radical (unpaired) electrons. The van der Waals surface area contributed by atoms with Gasteiger partial charge < -0.3 is 5.11 Å². The summed E-state index contributed by atoms with van der Waals surface area (Å²) in [6.07, 6.45) is 3.48. The fraction of sp³-hybridized carbons (Fsp3) is 0.650. The maximum atomic E-state index is 12.6. The summed E-state index contributed by atoms with van der Waals surface area (Å²) in [6.45, 7) is 10.9. The lowest BCUT2D eigenvalue weighted by molar-refractivity contribution is -0.152. The molecule has 0 heterocycles. The molecule has 1 aromatic carbocycles. The van der Waals surface area contributed by atoms with E-state index < -0.39 is 11.4 Å². The first-order valence-corrected chi connectivity index (χ1v) is 8.91. The quantitative estimate of drug-likeness (QED) is 0.842. The van der Waals surface area contributed by atoms with E-state index in [0.717, 1.165) is 31.2 Å². The van der Waals surface area contributed by atoms with Crippen molar-refractivity contribution in [3.05, 3.63) is 35.9 Å². The zero-order valence-corrected chi connectivity index (χ0v) is 15.2. The smallest absolute Gasteiger partial charge is 0.316 e. The van der Waals surface area contributed by atoms with Crippen LogP contribution in [0.2, 0.25) is 0 Å². The van der Waals surface area contributed by atoms with E-state index in [4.69, 9.17) is 0 Å². The van der Waals surface area contributed by atoms with Crippen LogP contribution < -0.4 is 0 Å². The normalized spacial score (nSPS) is 28.0. The Morgan fingerprint density at radius 2 is 1.70 bits per heavy atom. The Kier molecular flexibility index (Phi) is 5.20. The fourth-order valence-corrected chi connectivity index (χ4v) is 5.25. The first-order chi connectivity index (χ1) is 10.8. The van der Waals surface area contributed by atoms with Crippen LogP contribution in [-0.4, -0.2) is 33.6 Å². The molecule has 1 N–H and O–H groups in total. The second-order valence-electron chi connectivity index (χ2n) is 7.41. The van der Waals surface area contributed by atoms with Gasteiger partial charge in [0, 0.05) is 17.6 Å². The highest BCUT2D eigenvalue weighted by Crippen LogP contribution is 2.54. The molecule has 1 aliphatic carbocycles. The predicted molar refractivity (Wildman–Crippen MR) is 94.7 cm³/mol. The van der Waals surface area contributed by atoms with E-state index in [2.05, 4.69) is 39.5 Å². The van der Waals surface area contributed by atoms with E-state index in [1.807, 2.05) is 30.3 Å². The highest BCUT2D eigenvalue weighted by Gasteiger charge is 2.63. The Morgan fingerprint density at radius 1 is 1.13 bits per heavy atom. The van der Waals surface area contributed by atoms with Crippen LogP contribution >= 0.6 is 0 Å². The standard InChI is InChI=1S/C20H31NO2/c1-6-19(21(15(2)3)16(4)5)13-10-14-20(19,18(22)23)17-11-8-7-9-12-17/h7-9,11-12,15-16H,6,10,13-14H2,1-5H3,(H,22,23). The van der Waals surface area contributed by atoms with Gasteiger partial charge in [0.1, 0.15) is 5.41 Å². The Bertz CT molecular complexity index is 532. The molecule has 1 saturated carbocycles. The second kappa shape index (κ2) is 6.64. The molecule has 0 bridgehead atoms. The van der Waals surface area contributed by atoms with Gasteiger partial charge in [-0.3, -0.25) is 9.69 Å². The average Bonchev–Trinajstić information content (AvgIpc) is 2.88. The van der Waals surface area contributed by atoms with Crippen molar-refractivity contribution < 1.29 is 9.90 Å².